The van der Waals surface area contributed by atoms with Gasteiger partial charge in [0.1, 0.15) is 51.7 Å². The van der Waals surface area contributed by atoms with Crippen molar-refractivity contribution >= 4 is 0 Å². The monoisotopic (exact) mass is 2480 g/mol. The number of fused-ring (bicyclic) bond motifs is 12. The molecule has 0 unspecified atom stereocenters. The van der Waals surface area contributed by atoms with Gasteiger partial charge in [0.15, 0.2) is 34.5 Å². The smallest absolute Gasteiger partial charge is 0.168 e. The van der Waals surface area contributed by atoms with E-state index in [2.05, 4.69) is 199 Å². The molecule has 0 aromatic heterocycles. The number of nitrogens with zero attached hydrogens (tertiary/aromatic N) is 6. The van der Waals surface area contributed by atoms with Crippen LogP contribution in [0.4, 0.5) is 0 Å². The molecule has 12 aromatic carbocycles. The van der Waals surface area contributed by atoms with E-state index in [0.717, 1.165) is 221 Å². The summed E-state index contributed by atoms with van der Waals surface area (Å²) < 4.78 is 68.7. The standard InChI is InChI=1S/C22H27NO3.C21H25NO3.C20H23NO3.3C20H23NO2.6Y/c1-4-9-23-10-8-15-11-16(26-5-2)13-17-20(15)18(23)12-14-6-7-19(24)22(25-3)21(14)17;1-4-22-9-8-14-10-15(25-5-2)12-16-19(14)17(22)11-13-6-7-18(23)21(24-3)20(13)16;1-4-24-14-9-13-7-8-21(2)16-10-12-5-6-17(22)20(23-3)19(12)15(11-14)18(13)16;3*1-4-23-15-10-14-8-9-21(2)17-11-13-6-5-7-18(22-3)20(13)16(12-15)19(14)17;;;;;;/h6-7,11,13,18,24H,4-5,8-10,12H2,1-3H3;6-7,10,12,17,23H,4-5,8-9,11H2,1-3H3;5-6,9,11,16,22H,4,7-8,10H2,1-3H3;3*5-7,10,12,17H,4,8-9,11H2,1-3H3;;;;;;/t18-;17-;16-;3*17-;;;;;;/m111111....../s1. The predicted molar refractivity (Wildman–Crippen MR) is 573 cm³/mol. The maximum atomic E-state index is 10.3. The van der Waals surface area contributed by atoms with Gasteiger partial charge in [-0.25, -0.2) is 0 Å². The Kier molecular flexibility index (Phi) is 43.6. The van der Waals surface area contributed by atoms with Gasteiger partial charge in [-0.05, 0) is 409 Å². The van der Waals surface area contributed by atoms with E-state index in [9.17, 15) is 15.3 Å². The fourth-order valence-corrected chi connectivity index (χ4v) is 25.5. The van der Waals surface area contributed by atoms with Crippen LogP contribution in [0.2, 0.25) is 0 Å². The van der Waals surface area contributed by atoms with Crippen molar-refractivity contribution in [3.05, 3.63) is 264 Å². The fraction of sp³-hybridized carbons (Fsp3) is 0.415. The van der Waals surface area contributed by atoms with Gasteiger partial charge >= 0.3 is 0 Å². The third-order valence-corrected chi connectivity index (χ3v) is 31.9. The van der Waals surface area contributed by atoms with E-state index in [4.69, 9.17) is 56.8 Å². The first kappa shape index (κ1) is 121. The van der Waals surface area contributed by atoms with Crippen molar-refractivity contribution in [2.45, 2.75) is 175 Å². The molecular formula is C123H144N6O15Y6. The Labute approximate surface area is 1040 Å². The first-order chi connectivity index (χ1) is 70.2. The van der Waals surface area contributed by atoms with Crippen molar-refractivity contribution < 1.29 is 268 Å². The summed E-state index contributed by atoms with van der Waals surface area (Å²) in [5.74, 6) is 10.8. The zero-order valence-electron chi connectivity index (χ0n) is 91.0. The molecule has 12 aromatic rings. The van der Waals surface area contributed by atoms with Crippen molar-refractivity contribution in [1.29, 1.82) is 0 Å². The van der Waals surface area contributed by atoms with Crippen molar-refractivity contribution in [2.75, 3.05) is 163 Å². The van der Waals surface area contributed by atoms with E-state index in [1.165, 1.54) is 134 Å². The quantitative estimate of drug-likeness (QED) is 0.0615. The second-order valence-electron chi connectivity index (χ2n) is 39.7. The zero-order valence-corrected chi connectivity index (χ0v) is 108. The molecule has 774 valence electrons. The molecule has 12 aliphatic rings. The molecule has 0 bridgehead atoms. The average molecular weight is 2480 g/mol. The molecule has 0 saturated carbocycles. The van der Waals surface area contributed by atoms with Gasteiger partial charge in [0, 0.05) is 305 Å². The summed E-state index contributed by atoms with van der Waals surface area (Å²) in [7, 11) is 19.0. The Morgan fingerprint density at radius 1 is 0.247 bits per heavy atom. The third-order valence-electron chi connectivity index (χ3n) is 31.9. The molecule has 3 N–H and O–H groups in total. The van der Waals surface area contributed by atoms with Gasteiger partial charge in [0.25, 0.3) is 0 Å². The summed E-state index contributed by atoms with van der Waals surface area (Å²) >= 11 is 0. The van der Waals surface area contributed by atoms with Gasteiger partial charge in [-0.15, -0.1) is 0 Å². The number of phenols is 3. The second kappa shape index (κ2) is 54.1. The van der Waals surface area contributed by atoms with Crippen LogP contribution in [0.1, 0.15) is 198 Å². The number of aromatic hydroxyl groups is 3. The van der Waals surface area contributed by atoms with Crippen molar-refractivity contribution in [1.82, 2.24) is 29.4 Å². The van der Waals surface area contributed by atoms with E-state index in [1.807, 2.05) is 59.7 Å². The predicted octanol–water partition coefficient (Wildman–Crippen LogP) is 23.3. The Balaban J connectivity index is 0.000000149. The molecule has 21 nitrogen and oxygen atoms in total. The van der Waals surface area contributed by atoms with Gasteiger partial charge in [0.05, 0.1) is 82.3 Å². The van der Waals surface area contributed by atoms with Gasteiger partial charge in [-0.3, -0.25) is 29.4 Å². The summed E-state index contributed by atoms with van der Waals surface area (Å²) in [6, 6.07) is 59.3. The molecule has 0 fully saturated rings. The van der Waals surface area contributed by atoms with Crippen molar-refractivity contribution in [2.24, 2.45) is 0 Å². The Morgan fingerprint density at radius 3 is 0.700 bits per heavy atom. The molecule has 6 aliphatic carbocycles. The van der Waals surface area contributed by atoms with E-state index in [-0.39, 0.29) is 214 Å². The minimum Gasteiger partial charge on any atom is -0.504 e. The van der Waals surface area contributed by atoms with Gasteiger partial charge < -0.3 is 72.2 Å². The summed E-state index contributed by atoms with van der Waals surface area (Å²) in [6.07, 6.45) is 13.5. The van der Waals surface area contributed by atoms with Crippen LogP contribution in [0.15, 0.2) is 164 Å². The average Bonchev–Trinajstić information content (AvgIpc) is 0.705. The minimum absolute atomic E-state index is 0. The molecule has 6 aliphatic heterocycles. The molecule has 0 saturated heterocycles. The van der Waals surface area contributed by atoms with Gasteiger partial charge in [-0.1, -0.05) is 68.4 Å². The van der Waals surface area contributed by atoms with Crippen LogP contribution >= 0.6 is 0 Å². The minimum atomic E-state index is 0. The SMILES string of the molecule is CCCN1CCc2cc(OCC)cc3c2[C@H]1Cc1ccc(O)c(OC)c1-3.CCOc1cc2c3c(c1)-c1c(ccc(O)c1OC)C[C@H]3N(C)CC2.CCOc1cc2c3c(c1)-c1c(ccc(O)c1OC)C[C@H]3N(CC)CC2.CCOc1cc2c3c(c1)-c1c(cccc1OC)C[C@H]3N(C)CC2.CCOc1cc2c3c(c1)-c1c(cccc1OC)C[C@H]3N(C)CC2.CCOc1cc2c3c(c1)-c1c(cccc1OC)C[C@H]3N(C)CC2.[Y].[Y].[Y].[Y].[Y].[Y]. The summed E-state index contributed by atoms with van der Waals surface area (Å²) in [4.78, 5) is 15.0. The maximum absolute atomic E-state index is 10.3. The van der Waals surface area contributed by atoms with Crippen LogP contribution in [-0.4, -0.2) is 208 Å². The molecule has 150 heavy (non-hydrogen) atoms. The molecule has 27 heteroatoms. The Hall–Kier alpha value is -5.98. The summed E-state index contributed by atoms with van der Waals surface area (Å²) in [6.45, 7) is 29.3. The summed E-state index contributed by atoms with van der Waals surface area (Å²) in [5.41, 5.74) is 38.9. The molecule has 6 atom stereocenters. The van der Waals surface area contributed by atoms with E-state index < -0.39 is 0 Å². The molecule has 6 heterocycles. The topological polar surface area (TPSA) is 191 Å². The van der Waals surface area contributed by atoms with Crippen LogP contribution in [0.25, 0.3) is 66.8 Å². The zero-order chi connectivity index (χ0) is 101. The van der Waals surface area contributed by atoms with Crippen LogP contribution < -0.4 is 56.8 Å². The molecule has 24 rings (SSSR count). The Morgan fingerprint density at radius 2 is 0.467 bits per heavy atom. The molecule has 6 radical (unpaired) electrons. The van der Waals surface area contributed by atoms with Crippen LogP contribution in [0, 0.1) is 0 Å². The number of hydrogen-bond donors (Lipinski definition) is 3. The Bertz CT molecular complexity index is 6500. The van der Waals surface area contributed by atoms with Crippen LogP contribution in [0.3, 0.4) is 0 Å². The second-order valence-corrected chi connectivity index (χ2v) is 39.7. The number of likely N-dealkylation sites (N-methyl/N-ethyl adjacent to an activating group) is 5. The number of methoxy groups -OCH3 is 6. The van der Waals surface area contributed by atoms with Crippen LogP contribution in [-0.2, 0) is 273 Å². The van der Waals surface area contributed by atoms with Crippen molar-refractivity contribution in [3.8, 4) is 153 Å². The van der Waals surface area contributed by atoms with E-state index in [0.29, 0.717) is 93.1 Å². The first-order valence-electron chi connectivity index (χ1n) is 52.4. The number of benzene rings is 12. The van der Waals surface area contributed by atoms with Gasteiger partial charge in [-0.2, -0.15) is 0 Å². The summed E-state index contributed by atoms with van der Waals surface area (Å²) in [5, 5.41) is 30.9. The number of hydrogen-bond acceptors (Lipinski definition) is 21. The fourth-order valence-electron chi connectivity index (χ4n) is 25.5. The van der Waals surface area contributed by atoms with E-state index >= 15 is 0 Å². The normalized spacial score (nSPS) is 18.0. The third kappa shape index (κ3) is 23.9. The van der Waals surface area contributed by atoms with Gasteiger partial charge in [0.2, 0.25) is 0 Å². The molecular weight excluding hydrogens is 2330 g/mol. The number of phenolic OH excluding ortho intramolecular Hbond substituents is 3. The maximum Gasteiger partial charge on any atom is 0.168 e. The van der Waals surface area contributed by atoms with Crippen molar-refractivity contribution in [3.63, 3.8) is 0 Å². The van der Waals surface area contributed by atoms with Crippen LogP contribution in [0.5, 0.6) is 86.2 Å². The first-order valence-corrected chi connectivity index (χ1v) is 52.4. The van der Waals surface area contributed by atoms with E-state index in [1.54, 1.807) is 60.9 Å². The molecule has 0 amide bonds. The number of ether oxygens (including phenoxy) is 12. The molecule has 0 spiro atoms. The number of rotatable bonds is 21. The largest absolute Gasteiger partial charge is 0.504 e.